The Balaban J connectivity index is 1.57. The fourth-order valence-electron chi connectivity index (χ4n) is 3.28. The van der Waals surface area contributed by atoms with Crippen LogP contribution in [0.1, 0.15) is 22.8 Å². The Morgan fingerprint density at radius 1 is 1.16 bits per heavy atom. The van der Waals surface area contributed by atoms with Crippen molar-refractivity contribution in [1.29, 1.82) is 0 Å². The summed E-state index contributed by atoms with van der Waals surface area (Å²) in [7, 11) is 0. The lowest BCUT2D eigenvalue weighted by Crippen LogP contribution is -2.24. The Bertz CT molecular complexity index is 1340. The van der Waals surface area contributed by atoms with Gasteiger partial charge in [-0.15, -0.1) is 0 Å². The number of hydrogen-bond acceptors (Lipinski definition) is 4. The van der Waals surface area contributed by atoms with Crippen LogP contribution in [0.25, 0.3) is 22.4 Å². The zero-order valence-electron chi connectivity index (χ0n) is 16.6. The van der Waals surface area contributed by atoms with Gasteiger partial charge in [0.1, 0.15) is 17.0 Å². The van der Waals surface area contributed by atoms with Crippen molar-refractivity contribution >= 4 is 28.7 Å². The first-order valence-corrected chi connectivity index (χ1v) is 10.0. The number of nitrogens with one attached hydrogen (secondary N) is 1. The molecule has 0 saturated carbocycles. The van der Waals surface area contributed by atoms with Crippen molar-refractivity contribution < 1.29 is 9.18 Å². The third-order valence-corrected chi connectivity index (χ3v) is 5.24. The number of halogens is 2. The number of rotatable bonds is 5. The summed E-state index contributed by atoms with van der Waals surface area (Å²) in [6.07, 6.45) is 1.63. The van der Waals surface area contributed by atoms with Crippen molar-refractivity contribution in [3.05, 3.63) is 93.1 Å². The van der Waals surface area contributed by atoms with E-state index in [1.54, 1.807) is 47.2 Å². The molecule has 0 aliphatic carbocycles. The minimum Gasteiger partial charge on any atom is -0.348 e. The van der Waals surface area contributed by atoms with Gasteiger partial charge in [-0.2, -0.15) is 0 Å². The van der Waals surface area contributed by atoms with E-state index in [0.717, 1.165) is 0 Å². The van der Waals surface area contributed by atoms with E-state index in [1.165, 1.54) is 18.2 Å². The van der Waals surface area contributed by atoms with Gasteiger partial charge >= 0.3 is 0 Å². The molecule has 8 heteroatoms. The third-order valence-electron chi connectivity index (χ3n) is 4.89. The molecule has 2 aromatic carbocycles. The van der Waals surface area contributed by atoms with Gasteiger partial charge in [-0.05, 0) is 48.9 Å². The average Bonchev–Trinajstić information content (AvgIpc) is 2.78. The zero-order chi connectivity index (χ0) is 22.0. The molecule has 1 amide bonds. The highest BCUT2D eigenvalue weighted by atomic mass is 35.5. The van der Waals surface area contributed by atoms with Crippen LogP contribution in [0.5, 0.6) is 0 Å². The van der Waals surface area contributed by atoms with Gasteiger partial charge < -0.3 is 5.32 Å². The maximum atomic E-state index is 13.1. The van der Waals surface area contributed by atoms with Gasteiger partial charge in [0.2, 0.25) is 0 Å². The predicted octanol–water partition coefficient (Wildman–Crippen LogP) is 4.20. The van der Waals surface area contributed by atoms with E-state index < -0.39 is 5.82 Å². The fraction of sp³-hybridized carbons (Fsp3) is 0.130. The molecule has 0 fully saturated rings. The summed E-state index contributed by atoms with van der Waals surface area (Å²) in [6, 6.07) is 14.2. The van der Waals surface area contributed by atoms with E-state index in [9.17, 15) is 14.0 Å². The number of benzene rings is 2. The number of aromatic nitrogens is 3. The maximum Gasteiger partial charge on any atom is 0.278 e. The lowest BCUT2D eigenvalue weighted by molar-refractivity contribution is 0.0951. The second-order valence-corrected chi connectivity index (χ2v) is 7.26. The van der Waals surface area contributed by atoms with Gasteiger partial charge in [-0.25, -0.2) is 14.4 Å². The summed E-state index contributed by atoms with van der Waals surface area (Å²) in [4.78, 5) is 34.1. The minimum absolute atomic E-state index is 0.167. The molecule has 156 valence electrons. The summed E-state index contributed by atoms with van der Waals surface area (Å²) in [6.45, 7) is 2.51. The second kappa shape index (κ2) is 8.65. The Morgan fingerprint density at radius 3 is 2.65 bits per heavy atom. The molecule has 0 aliphatic heterocycles. The molecule has 4 aromatic rings. The average molecular weight is 437 g/mol. The highest BCUT2D eigenvalue weighted by Crippen LogP contribution is 2.19. The van der Waals surface area contributed by atoms with E-state index in [4.69, 9.17) is 11.6 Å². The Kier molecular flexibility index (Phi) is 5.77. The van der Waals surface area contributed by atoms with Crippen LogP contribution in [0.3, 0.4) is 0 Å². The Labute approximate surface area is 182 Å². The number of pyridine rings is 1. The lowest BCUT2D eigenvalue weighted by Gasteiger charge is -2.10. The standard InChI is InChI=1S/C23H18ClFN4O2/c1-2-29-21-19(4-3-11-26-21)28-20(23(29)31)14-5-7-15(8-6-14)22(30)27-13-16-9-10-17(25)12-18(16)24/h3-12H,2,13H2,1H3,(H,27,30). The highest BCUT2D eigenvalue weighted by Gasteiger charge is 2.14. The van der Waals surface area contributed by atoms with Gasteiger partial charge in [0.25, 0.3) is 11.5 Å². The van der Waals surface area contributed by atoms with Gasteiger partial charge in [0.05, 0.1) is 0 Å². The largest absolute Gasteiger partial charge is 0.348 e. The van der Waals surface area contributed by atoms with Crippen LogP contribution in [-0.4, -0.2) is 20.4 Å². The lowest BCUT2D eigenvalue weighted by atomic mass is 10.1. The smallest absolute Gasteiger partial charge is 0.278 e. The number of nitrogens with zero attached hydrogens (tertiary/aromatic N) is 3. The number of hydrogen-bond donors (Lipinski definition) is 1. The summed E-state index contributed by atoms with van der Waals surface area (Å²) in [5.74, 6) is -0.746. The molecule has 0 saturated heterocycles. The molecular weight excluding hydrogens is 419 g/mol. The van der Waals surface area contributed by atoms with Gasteiger partial charge in [-0.3, -0.25) is 14.2 Å². The molecule has 0 bridgehead atoms. The molecule has 0 radical (unpaired) electrons. The van der Waals surface area contributed by atoms with Crippen LogP contribution in [0.2, 0.25) is 5.02 Å². The minimum atomic E-state index is -0.434. The molecule has 1 N–H and O–H groups in total. The molecule has 6 nitrogen and oxygen atoms in total. The highest BCUT2D eigenvalue weighted by molar-refractivity contribution is 6.31. The van der Waals surface area contributed by atoms with E-state index in [1.807, 2.05) is 6.92 Å². The van der Waals surface area contributed by atoms with Crippen molar-refractivity contribution in [1.82, 2.24) is 19.9 Å². The van der Waals surface area contributed by atoms with Crippen molar-refractivity contribution in [2.24, 2.45) is 0 Å². The van der Waals surface area contributed by atoms with E-state index in [0.29, 0.717) is 40.1 Å². The first-order chi connectivity index (χ1) is 15.0. The molecule has 2 heterocycles. The molecule has 0 aliphatic rings. The molecule has 31 heavy (non-hydrogen) atoms. The maximum absolute atomic E-state index is 13.1. The van der Waals surface area contributed by atoms with Crippen LogP contribution in [0.4, 0.5) is 4.39 Å². The summed E-state index contributed by atoms with van der Waals surface area (Å²) in [5, 5.41) is 3.00. The topological polar surface area (TPSA) is 76.9 Å². The molecule has 0 unspecified atom stereocenters. The molecule has 4 rings (SSSR count). The van der Waals surface area contributed by atoms with Crippen LogP contribution < -0.4 is 10.9 Å². The zero-order valence-corrected chi connectivity index (χ0v) is 17.4. The van der Waals surface area contributed by atoms with Crippen molar-refractivity contribution in [2.75, 3.05) is 0 Å². The molecule has 2 aromatic heterocycles. The number of amides is 1. The predicted molar refractivity (Wildman–Crippen MR) is 117 cm³/mol. The Morgan fingerprint density at radius 2 is 1.94 bits per heavy atom. The normalized spacial score (nSPS) is 10.9. The number of fused-ring (bicyclic) bond motifs is 1. The van der Waals surface area contributed by atoms with Crippen LogP contribution >= 0.6 is 11.6 Å². The van der Waals surface area contributed by atoms with E-state index >= 15 is 0 Å². The molecule has 0 spiro atoms. The van der Waals surface area contributed by atoms with Crippen LogP contribution in [-0.2, 0) is 13.1 Å². The second-order valence-electron chi connectivity index (χ2n) is 6.85. The first kappa shape index (κ1) is 20.7. The number of carbonyl (C=O) groups is 1. The number of carbonyl (C=O) groups excluding carboxylic acids is 1. The quantitative estimate of drug-likeness (QED) is 0.508. The first-order valence-electron chi connectivity index (χ1n) is 9.66. The van der Waals surface area contributed by atoms with E-state index in [2.05, 4.69) is 15.3 Å². The molecular formula is C23H18ClFN4O2. The monoisotopic (exact) mass is 436 g/mol. The summed E-state index contributed by atoms with van der Waals surface area (Å²) in [5.41, 5.74) is 2.86. The summed E-state index contributed by atoms with van der Waals surface area (Å²) >= 11 is 5.99. The van der Waals surface area contributed by atoms with Crippen molar-refractivity contribution in [3.8, 4) is 11.3 Å². The SMILES string of the molecule is CCn1c(=O)c(-c2ccc(C(=O)NCc3ccc(F)cc3Cl)cc2)nc2cccnc21. The van der Waals surface area contributed by atoms with Gasteiger partial charge in [-0.1, -0.05) is 29.8 Å². The van der Waals surface area contributed by atoms with Crippen LogP contribution in [0, 0.1) is 5.82 Å². The third kappa shape index (κ3) is 4.18. The Hall–Kier alpha value is -3.58. The van der Waals surface area contributed by atoms with Gasteiger partial charge in [0.15, 0.2) is 5.65 Å². The van der Waals surface area contributed by atoms with E-state index in [-0.39, 0.29) is 23.0 Å². The van der Waals surface area contributed by atoms with Gasteiger partial charge in [0, 0.05) is 35.4 Å². The summed E-state index contributed by atoms with van der Waals surface area (Å²) < 4.78 is 14.7. The number of aryl methyl sites for hydroxylation is 1. The fourth-order valence-corrected chi connectivity index (χ4v) is 3.51. The van der Waals surface area contributed by atoms with Crippen LogP contribution in [0.15, 0.2) is 65.6 Å². The van der Waals surface area contributed by atoms with Crippen molar-refractivity contribution in [2.45, 2.75) is 20.0 Å². The molecule has 0 atom stereocenters. The van der Waals surface area contributed by atoms with Crippen molar-refractivity contribution in [3.63, 3.8) is 0 Å².